The summed E-state index contributed by atoms with van der Waals surface area (Å²) >= 11 is 0. The lowest BCUT2D eigenvalue weighted by Crippen LogP contribution is -2.36. The zero-order valence-corrected chi connectivity index (χ0v) is 20.4. The van der Waals surface area contributed by atoms with Crippen LogP contribution in [0, 0.1) is 5.82 Å². The molecule has 3 heterocycles. The highest BCUT2D eigenvalue weighted by atomic mass is 19.4. The van der Waals surface area contributed by atoms with Crippen LogP contribution in [0.15, 0.2) is 48.7 Å². The standard InChI is InChI=1S/C27H29F4N5O/c28-24-17-32-26(33-22-6-4-19(5-7-22)18-35-8-2-1-3-9-35)34-25(24)20-14-21(27(29,30)31)16-23(15-20)36-10-12-37-13-11-36/h4-7,14-17H,1-3,8-13,18H2,(H,32,33,34). The quantitative estimate of drug-likeness (QED) is 0.415. The van der Waals surface area contributed by atoms with E-state index in [1.54, 1.807) is 4.90 Å². The summed E-state index contributed by atoms with van der Waals surface area (Å²) in [4.78, 5) is 12.5. The van der Waals surface area contributed by atoms with Crippen molar-refractivity contribution in [1.29, 1.82) is 0 Å². The van der Waals surface area contributed by atoms with E-state index < -0.39 is 17.6 Å². The first kappa shape index (κ1) is 25.4. The molecular formula is C27H29F4N5O. The molecule has 0 aliphatic carbocycles. The molecule has 2 saturated heterocycles. The summed E-state index contributed by atoms with van der Waals surface area (Å²) in [6.07, 6.45) is 0.128. The number of likely N-dealkylation sites (tertiary alicyclic amines) is 1. The highest BCUT2D eigenvalue weighted by molar-refractivity contribution is 5.69. The second-order valence-corrected chi connectivity index (χ2v) is 9.41. The molecule has 6 nitrogen and oxygen atoms in total. The number of ether oxygens (including phenoxy) is 1. The van der Waals surface area contributed by atoms with E-state index >= 15 is 0 Å². The van der Waals surface area contributed by atoms with Crippen LogP contribution < -0.4 is 10.2 Å². The van der Waals surface area contributed by atoms with Gasteiger partial charge in [-0.05, 0) is 61.8 Å². The summed E-state index contributed by atoms with van der Waals surface area (Å²) in [5.41, 5.74) is 1.23. The molecule has 2 aliphatic rings. The summed E-state index contributed by atoms with van der Waals surface area (Å²) in [5, 5.41) is 3.04. The van der Waals surface area contributed by atoms with Crippen LogP contribution in [0.25, 0.3) is 11.3 Å². The Bertz CT molecular complexity index is 1210. The topological polar surface area (TPSA) is 53.5 Å². The molecule has 0 atom stereocenters. The molecule has 3 aromatic rings. The maximum absolute atomic E-state index is 14.8. The number of aromatic nitrogens is 2. The average Bonchev–Trinajstić information content (AvgIpc) is 2.91. The SMILES string of the molecule is Fc1cnc(Nc2ccc(CN3CCCCC3)cc2)nc1-c1cc(N2CCOCC2)cc(C(F)(F)F)c1. The van der Waals surface area contributed by atoms with Crippen molar-refractivity contribution >= 4 is 17.3 Å². The van der Waals surface area contributed by atoms with Crippen molar-refractivity contribution in [3.8, 4) is 11.3 Å². The molecule has 1 N–H and O–H groups in total. The fraction of sp³-hybridized carbons (Fsp3) is 0.407. The minimum absolute atomic E-state index is 0.0381. The van der Waals surface area contributed by atoms with Crippen LogP contribution in [0.5, 0.6) is 0 Å². The van der Waals surface area contributed by atoms with Gasteiger partial charge in [-0.15, -0.1) is 0 Å². The van der Waals surface area contributed by atoms with Crippen molar-refractivity contribution in [2.75, 3.05) is 49.6 Å². The number of morpholine rings is 1. The van der Waals surface area contributed by atoms with Gasteiger partial charge in [-0.1, -0.05) is 18.6 Å². The van der Waals surface area contributed by atoms with Crippen molar-refractivity contribution in [3.63, 3.8) is 0 Å². The fourth-order valence-electron chi connectivity index (χ4n) is 4.74. The molecule has 0 saturated carbocycles. The summed E-state index contributed by atoms with van der Waals surface area (Å²) in [7, 11) is 0. The van der Waals surface area contributed by atoms with E-state index in [1.165, 1.54) is 30.9 Å². The molecule has 196 valence electrons. The molecule has 0 bridgehead atoms. The molecule has 2 aliphatic heterocycles. The lowest BCUT2D eigenvalue weighted by atomic mass is 10.0. The number of hydrogen-bond acceptors (Lipinski definition) is 6. The molecule has 37 heavy (non-hydrogen) atoms. The van der Waals surface area contributed by atoms with Gasteiger partial charge in [-0.25, -0.2) is 14.4 Å². The molecule has 5 rings (SSSR count). The summed E-state index contributed by atoms with van der Waals surface area (Å²) in [6.45, 7) is 4.83. The number of nitrogens with one attached hydrogen (secondary N) is 1. The van der Waals surface area contributed by atoms with Crippen LogP contribution >= 0.6 is 0 Å². The number of alkyl halides is 3. The molecule has 2 fully saturated rings. The van der Waals surface area contributed by atoms with E-state index in [2.05, 4.69) is 20.2 Å². The predicted octanol–water partition coefficient (Wildman–Crippen LogP) is 5.87. The molecule has 1 aromatic heterocycles. The van der Waals surface area contributed by atoms with E-state index in [9.17, 15) is 17.6 Å². The van der Waals surface area contributed by atoms with Gasteiger partial charge in [-0.3, -0.25) is 4.90 Å². The Hall–Kier alpha value is -3.24. The van der Waals surface area contributed by atoms with E-state index in [-0.39, 0.29) is 17.2 Å². The number of rotatable bonds is 6. The van der Waals surface area contributed by atoms with Gasteiger partial charge in [0, 0.05) is 36.6 Å². The number of hydrogen-bond donors (Lipinski definition) is 1. The zero-order chi connectivity index (χ0) is 25.8. The Morgan fingerprint density at radius 1 is 0.919 bits per heavy atom. The van der Waals surface area contributed by atoms with Gasteiger partial charge in [-0.2, -0.15) is 13.2 Å². The monoisotopic (exact) mass is 515 g/mol. The van der Waals surface area contributed by atoms with Crippen LogP contribution in [0.2, 0.25) is 0 Å². The molecule has 10 heteroatoms. The van der Waals surface area contributed by atoms with Gasteiger partial charge >= 0.3 is 6.18 Å². The van der Waals surface area contributed by atoms with Crippen molar-refractivity contribution in [2.24, 2.45) is 0 Å². The second-order valence-electron chi connectivity index (χ2n) is 9.41. The normalized spacial score (nSPS) is 17.1. The number of halogens is 4. The molecule has 0 spiro atoms. The maximum Gasteiger partial charge on any atom is 0.416 e. The zero-order valence-electron chi connectivity index (χ0n) is 20.4. The van der Waals surface area contributed by atoms with Crippen LogP contribution in [-0.4, -0.2) is 54.3 Å². The Labute approximate surface area is 213 Å². The first-order valence-electron chi connectivity index (χ1n) is 12.5. The van der Waals surface area contributed by atoms with Crippen molar-refractivity contribution in [2.45, 2.75) is 32.0 Å². The Morgan fingerprint density at radius 3 is 2.35 bits per heavy atom. The highest BCUT2D eigenvalue weighted by Gasteiger charge is 2.32. The lowest BCUT2D eigenvalue weighted by molar-refractivity contribution is -0.137. The number of benzene rings is 2. The molecule has 0 radical (unpaired) electrons. The van der Waals surface area contributed by atoms with E-state index in [4.69, 9.17) is 4.74 Å². The third kappa shape index (κ3) is 6.37. The van der Waals surface area contributed by atoms with Crippen LogP contribution in [0.1, 0.15) is 30.4 Å². The second kappa shape index (κ2) is 11.0. The predicted molar refractivity (Wildman–Crippen MR) is 134 cm³/mol. The van der Waals surface area contributed by atoms with Crippen molar-refractivity contribution < 1.29 is 22.3 Å². The Balaban J connectivity index is 1.38. The summed E-state index contributed by atoms with van der Waals surface area (Å²) < 4.78 is 61.2. The summed E-state index contributed by atoms with van der Waals surface area (Å²) in [5.74, 6) is -0.694. The van der Waals surface area contributed by atoms with Crippen LogP contribution in [-0.2, 0) is 17.5 Å². The average molecular weight is 516 g/mol. The number of anilines is 3. The maximum atomic E-state index is 14.8. The molecule has 0 amide bonds. The third-order valence-corrected chi connectivity index (χ3v) is 6.70. The summed E-state index contributed by atoms with van der Waals surface area (Å²) in [6, 6.07) is 11.4. The Kier molecular flexibility index (Phi) is 7.57. The minimum Gasteiger partial charge on any atom is -0.378 e. The molecular weight excluding hydrogens is 486 g/mol. The van der Waals surface area contributed by atoms with Gasteiger partial charge in [0.15, 0.2) is 5.82 Å². The molecule has 2 aromatic carbocycles. The van der Waals surface area contributed by atoms with Crippen LogP contribution in [0.3, 0.4) is 0 Å². The first-order chi connectivity index (χ1) is 17.8. The highest BCUT2D eigenvalue weighted by Crippen LogP contribution is 2.36. The number of piperidine rings is 1. The van der Waals surface area contributed by atoms with Gasteiger partial charge in [0.2, 0.25) is 5.95 Å². The van der Waals surface area contributed by atoms with Crippen molar-refractivity contribution in [1.82, 2.24) is 14.9 Å². The first-order valence-corrected chi connectivity index (χ1v) is 12.5. The van der Waals surface area contributed by atoms with Gasteiger partial charge in [0.05, 0.1) is 25.0 Å². The van der Waals surface area contributed by atoms with E-state index in [0.717, 1.165) is 38.0 Å². The smallest absolute Gasteiger partial charge is 0.378 e. The van der Waals surface area contributed by atoms with Gasteiger partial charge < -0.3 is 15.0 Å². The minimum atomic E-state index is -4.59. The van der Waals surface area contributed by atoms with Crippen molar-refractivity contribution in [3.05, 3.63) is 65.6 Å². The van der Waals surface area contributed by atoms with Crippen LogP contribution in [0.4, 0.5) is 34.9 Å². The number of nitrogens with zero attached hydrogens (tertiary/aromatic N) is 4. The fourth-order valence-corrected chi connectivity index (χ4v) is 4.74. The molecule has 0 unspecified atom stereocenters. The third-order valence-electron chi connectivity index (χ3n) is 6.70. The lowest BCUT2D eigenvalue weighted by Gasteiger charge is -2.29. The van der Waals surface area contributed by atoms with E-state index in [1.807, 2.05) is 24.3 Å². The van der Waals surface area contributed by atoms with Gasteiger partial charge in [0.1, 0.15) is 5.69 Å². The van der Waals surface area contributed by atoms with E-state index in [0.29, 0.717) is 37.7 Å². The largest absolute Gasteiger partial charge is 0.416 e. The van der Waals surface area contributed by atoms with Gasteiger partial charge in [0.25, 0.3) is 0 Å². The Morgan fingerprint density at radius 2 is 1.65 bits per heavy atom.